The van der Waals surface area contributed by atoms with Gasteiger partial charge in [-0.1, -0.05) is 12.1 Å². The normalized spacial score (nSPS) is 15.3. The Hall–Kier alpha value is -1.84. The highest BCUT2D eigenvalue weighted by molar-refractivity contribution is 5.60. The summed E-state index contributed by atoms with van der Waals surface area (Å²) >= 11 is 0. The Balaban J connectivity index is 2.03. The van der Waals surface area contributed by atoms with Gasteiger partial charge in [0.25, 0.3) is 0 Å². The second kappa shape index (κ2) is 3.33. The van der Waals surface area contributed by atoms with Crippen LogP contribution in [0.25, 0.3) is 11.4 Å². The molecule has 0 bridgehead atoms. The molecule has 1 heterocycles. The van der Waals surface area contributed by atoms with E-state index < -0.39 is 0 Å². The lowest BCUT2D eigenvalue weighted by molar-refractivity contribution is 0.705. The van der Waals surface area contributed by atoms with E-state index in [1.165, 1.54) is 12.8 Å². The third kappa shape index (κ3) is 1.56. The van der Waals surface area contributed by atoms with Crippen LogP contribution in [0.2, 0.25) is 0 Å². The Kier molecular flexibility index (Phi) is 1.96. The molecule has 1 aromatic carbocycles. The van der Waals surface area contributed by atoms with Crippen molar-refractivity contribution in [2.24, 2.45) is 7.05 Å². The monoisotopic (exact) mass is 214 g/mol. The molecule has 0 amide bonds. The quantitative estimate of drug-likeness (QED) is 0.777. The molecule has 1 fully saturated rings. The van der Waals surface area contributed by atoms with Gasteiger partial charge in [-0.25, -0.2) is 4.98 Å². The first kappa shape index (κ1) is 9.39. The molecule has 1 aliphatic carbocycles. The predicted molar refractivity (Wildman–Crippen MR) is 62.8 cm³/mol. The number of hydrogen-bond acceptors (Lipinski definition) is 3. The van der Waals surface area contributed by atoms with Gasteiger partial charge in [-0.3, -0.25) is 4.68 Å². The average molecular weight is 214 g/mol. The van der Waals surface area contributed by atoms with Crippen molar-refractivity contribution in [3.63, 3.8) is 0 Å². The van der Waals surface area contributed by atoms with Crippen LogP contribution in [0, 0.1) is 0 Å². The zero-order chi connectivity index (χ0) is 11.1. The summed E-state index contributed by atoms with van der Waals surface area (Å²) in [4.78, 5) is 4.58. The maximum absolute atomic E-state index is 5.75. The molecule has 0 unspecified atom stereocenters. The fourth-order valence-electron chi connectivity index (χ4n) is 1.89. The lowest BCUT2D eigenvalue weighted by atomic mass is 10.2. The maximum Gasteiger partial charge on any atom is 0.181 e. The number of nitrogens with zero attached hydrogens (tertiary/aromatic N) is 3. The number of hydrogen-bond donors (Lipinski definition) is 1. The van der Waals surface area contributed by atoms with Crippen molar-refractivity contribution in [3.8, 4) is 11.4 Å². The van der Waals surface area contributed by atoms with Gasteiger partial charge in [0.05, 0.1) is 0 Å². The second-order valence-corrected chi connectivity index (χ2v) is 4.32. The standard InChI is InChI=1S/C12H14N4/c1-16-12(8-5-6-8)14-11(15-16)9-3-2-4-10(13)7-9/h2-4,7-8H,5-6,13H2,1H3. The van der Waals surface area contributed by atoms with Crippen molar-refractivity contribution in [3.05, 3.63) is 30.1 Å². The Labute approximate surface area is 94.1 Å². The van der Waals surface area contributed by atoms with Gasteiger partial charge < -0.3 is 5.73 Å². The van der Waals surface area contributed by atoms with Crippen LogP contribution in [-0.2, 0) is 7.05 Å². The summed E-state index contributed by atoms with van der Waals surface area (Å²) in [5.74, 6) is 2.49. The molecule has 3 rings (SSSR count). The minimum atomic E-state index is 0.618. The molecule has 2 N–H and O–H groups in total. The molecule has 0 atom stereocenters. The zero-order valence-corrected chi connectivity index (χ0v) is 9.22. The predicted octanol–water partition coefficient (Wildman–Crippen LogP) is 1.94. The lowest BCUT2D eigenvalue weighted by Crippen LogP contribution is -1.96. The molecule has 0 radical (unpaired) electrons. The van der Waals surface area contributed by atoms with Crippen LogP contribution >= 0.6 is 0 Å². The molecular weight excluding hydrogens is 200 g/mol. The summed E-state index contributed by atoms with van der Waals surface area (Å²) in [5.41, 5.74) is 7.49. The number of benzene rings is 1. The molecule has 16 heavy (non-hydrogen) atoms. The molecule has 4 heteroatoms. The molecule has 82 valence electrons. The highest BCUT2D eigenvalue weighted by Crippen LogP contribution is 2.39. The molecule has 0 spiro atoms. The van der Waals surface area contributed by atoms with E-state index in [0.29, 0.717) is 5.92 Å². The van der Waals surface area contributed by atoms with E-state index in [0.717, 1.165) is 22.9 Å². The van der Waals surface area contributed by atoms with Crippen molar-refractivity contribution < 1.29 is 0 Å². The van der Waals surface area contributed by atoms with Crippen molar-refractivity contribution in [1.29, 1.82) is 0 Å². The van der Waals surface area contributed by atoms with E-state index in [2.05, 4.69) is 10.1 Å². The number of nitrogen functional groups attached to an aromatic ring is 1. The number of nitrogens with two attached hydrogens (primary N) is 1. The number of aryl methyl sites for hydroxylation is 1. The van der Waals surface area contributed by atoms with Gasteiger partial charge in [-0.2, -0.15) is 5.10 Å². The van der Waals surface area contributed by atoms with Crippen molar-refractivity contribution in [1.82, 2.24) is 14.8 Å². The van der Waals surface area contributed by atoms with E-state index in [4.69, 9.17) is 5.73 Å². The Morgan fingerprint density at radius 2 is 2.19 bits per heavy atom. The lowest BCUT2D eigenvalue weighted by Gasteiger charge is -1.96. The van der Waals surface area contributed by atoms with Gasteiger partial charge in [-0.15, -0.1) is 0 Å². The molecule has 2 aromatic rings. The van der Waals surface area contributed by atoms with Gasteiger partial charge in [0.2, 0.25) is 0 Å². The van der Waals surface area contributed by atoms with E-state index >= 15 is 0 Å². The van der Waals surface area contributed by atoms with E-state index in [9.17, 15) is 0 Å². The summed E-state index contributed by atoms with van der Waals surface area (Å²) in [6.45, 7) is 0. The fraction of sp³-hybridized carbons (Fsp3) is 0.333. The summed E-state index contributed by atoms with van der Waals surface area (Å²) < 4.78 is 1.89. The zero-order valence-electron chi connectivity index (χ0n) is 9.22. The highest BCUT2D eigenvalue weighted by atomic mass is 15.3. The van der Waals surface area contributed by atoms with E-state index in [1.807, 2.05) is 36.0 Å². The van der Waals surface area contributed by atoms with Crippen LogP contribution < -0.4 is 5.73 Å². The fourth-order valence-corrected chi connectivity index (χ4v) is 1.89. The average Bonchev–Trinajstić information content (AvgIpc) is 3.02. The Bertz CT molecular complexity index is 526. The summed E-state index contributed by atoms with van der Waals surface area (Å²) in [5, 5.41) is 4.43. The minimum absolute atomic E-state index is 0.618. The largest absolute Gasteiger partial charge is 0.399 e. The van der Waals surface area contributed by atoms with Gasteiger partial charge in [-0.05, 0) is 25.0 Å². The second-order valence-electron chi connectivity index (χ2n) is 4.32. The molecule has 1 saturated carbocycles. The Morgan fingerprint density at radius 1 is 1.38 bits per heavy atom. The summed E-state index contributed by atoms with van der Waals surface area (Å²) in [6.07, 6.45) is 2.48. The topological polar surface area (TPSA) is 56.7 Å². The number of aromatic nitrogens is 3. The molecule has 1 aromatic heterocycles. The third-order valence-corrected chi connectivity index (χ3v) is 2.88. The minimum Gasteiger partial charge on any atom is -0.399 e. The first-order chi connectivity index (χ1) is 7.74. The molecule has 0 saturated heterocycles. The van der Waals surface area contributed by atoms with Crippen LogP contribution in [0.1, 0.15) is 24.6 Å². The van der Waals surface area contributed by atoms with Crippen molar-refractivity contribution >= 4 is 5.69 Å². The van der Waals surface area contributed by atoms with Gasteiger partial charge in [0.15, 0.2) is 5.82 Å². The van der Waals surface area contributed by atoms with Crippen LogP contribution in [0.15, 0.2) is 24.3 Å². The van der Waals surface area contributed by atoms with Crippen molar-refractivity contribution in [2.45, 2.75) is 18.8 Å². The first-order valence-corrected chi connectivity index (χ1v) is 5.51. The van der Waals surface area contributed by atoms with E-state index in [1.54, 1.807) is 0 Å². The van der Waals surface area contributed by atoms with Gasteiger partial charge >= 0.3 is 0 Å². The third-order valence-electron chi connectivity index (χ3n) is 2.88. The smallest absolute Gasteiger partial charge is 0.181 e. The van der Waals surface area contributed by atoms with Gasteiger partial charge in [0, 0.05) is 24.2 Å². The van der Waals surface area contributed by atoms with Crippen LogP contribution in [-0.4, -0.2) is 14.8 Å². The summed E-state index contributed by atoms with van der Waals surface area (Å²) in [6, 6.07) is 7.69. The molecule has 1 aliphatic rings. The first-order valence-electron chi connectivity index (χ1n) is 5.51. The number of rotatable bonds is 2. The molecule has 4 nitrogen and oxygen atoms in total. The number of anilines is 1. The highest BCUT2D eigenvalue weighted by Gasteiger charge is 2.28. The summed E-state index contributed by atoms with van der Waals surface area (Å²) in [7, 11) is 1.95. The van der Waals surface area contributed by atoms with Gasteiger partial charge in [0.1, 0.15) is 5.82 Å². The molecule has 0 aliphatic heterocycles. The van der Waals surface area contributed by atoms with E-state index in [-0.39, 0.29) is 0 Å². The van der Waals surface area contributed by atoms with Crippen LogP contribution in [0.5, 0.6) is 0 Å². The van der Waals surface area contributed by atoms with Crippen LogP contribution in [0.3, 0.4) is 0 Å². The molecular formula is C12H14N4. The Morgan fingerprint density at radius 3 is 2.88 bits per heavy atom. The SMILES string of the molecule is Cn1nc(-c2cccc(N)c2)nc1C1CC1. The van der Waals surface area contributed by atoms with Crippen LogP contribution in [0.4, 0.5) is 5.69 Å². The van der Waals surface area contributed by atoms with Crippen molar-refractivity contribution in [2.75, 3.05) is 5.73 Å². The maximum atomic E-state index is 5.75.